The van der Waals surface area contributed by atoms with Gasteiger partial charge in [0.2, 0.25) is 5.91 Å². The molecule has 1 amide bonds. The highest BCUT2D eigenvalue weighted by Crippen LogP contribution is 1.92. The van der Waals surface area contributed by atoms with Crippen LogP contribution in [0.25, 0.3) is 0 Å². The fourth-order valence-corrected chi connectivity index (χ4v) is 0.930. The Kier molecular flexibility index (Phi) is 5.71. The standard InChI is InChI=1S/C9H16N2O3/c1-6(12)5-11-9(14)4-8(10-3)7(2)13/h8,10H,4-5H2,1-3H3,(H,11,14)/t8-/m0/s1. The van der Waals surface area contributed by atoms with E-state index < -0.39 is 6.04 Å². The van der Waals surface area contributed by atoms with Crippen LogP contribution in [0.15, 0.2) is 0 Å². The number of Topliss-reactive ketones (excluding diaryl/α,β-unsaturated/α-hetero) is 2. The van der Waals surface area contributed by atoms with Crippen LogP contribution in [0.4, 0.5) is 0 Å². The summed E-state index contributed by atoms with van der Waals surface area (Å²) in [6, 6.07) is -0.470. The molecule has 0 radical (unpaired) electrons. The van der Waals surface area contributed by atoms with Gasteiger partial charge in [-0.2, -0.15) is 0 Å². The summed E-state index contributed by atoms with van der Waals surface area (Å²) in [4.78, 5) is 32.6. The second kappa shape index (κ2) is 6.26. The van der Waals surface area contributed by atoms with Crippen LogP contribution in [0.1, 0.15) is 20.3 Å². The lowest BCUT2D eigenvalue weighted by molar-refractivity contribution is -0.127. The first kappa shape index (κ1) is 12.8. The molecule has 0 aliphatic rings. The Morgan fingerprint density at radius 2 is 1.79 bits per heavy atom. The Balaban J connectivity index is 3.91. The summed E-state index contributed by atoms with van der Waals surface area (Å²) < 4.78 is 0. The van der Waals surface area contributed by atoms with E-state index >= 15 is 0 Å². The molecule has 0 aromatic carbocycles. The third-order valence-electron chi connectivity index (χ3n) is 1.76. The zero-order valence-corrected chi connectivity index (χ0v) is 8.72. The highest BCUT2D eigenvalue weighted by atomic mass is 16.2. The lowest BCUT2D eigenvalue weighted by Gasteiger charge is -2.11. The van der Waals surface area contributed by atoms with Crippen molar-refractivity contribution in [3.05, 3.63) is 0 Å². The van der Waals surface area contributed by atoms with E-state index in [0.717, 1.165) is 0 Å². The molecule has 0 saturated carbocycles. The first-order valence-corrected chi connectivity index (χ1v) is 4.41. The number of carbonyl (C=O) groups is 3. The van der Waals surface area contributed by atoms with Gasteiger partial charge in [-0.15, -0.1) is 0 Å². The van der Waals surface area contributed by atoms with Gasteiger partial charge in [-0.05, 0) is 20.9 Å². The number of rotatable bonds is 6. The van der Waals surface area contributed by atoms with Gasteiger partial charge in [0.15, 0.2) is 0 Å². The first-order valence-electron chi connectivity index (χ1n) is 4.41. The minimum Gasteiger partial charge on any atom is -0.349 e. The molecule has 14 heavy (non-hydrogen) atoms. The Labute approximate surface area is 83.2 Å². The van der Waals surface area contributed by atoms with Crippen molar-refractivity contribution >= 4 is 17.5 Å². The predicted octanol–water partition coefficient (Wildman–Crippen LogP) is -0.741. The number of hydrogen-bond acceptors (Lipinski definition) is 4. The summed E-state index contributed by atoms with van der Waals surface area (Å²) in [5, 5.41) is 5.15. The van der Waals surface area contributed by atoms with Gasteiger partial charge < -0.3 is 10.6 Å². The number of ketones is 2. The van der Waals surface area contributed by atoms with Crippen LogP contribution < -0.4 is 10.6 Å². The van der Waals surface area contributed by atoms with Gasteiger partial charge in [0.1, 0.15) is 11.6 Å². The lowest BCUT2D eigenvalue weighted by atomic mass is 10.1. The van der Waals surface area contributed by atoms with E-state index in [1.54, 1.807) is 7.05 Å². The number of nitrogens with one attached hydrogen (secondary N) is 2. The molecule has 0 unspecified atom stereocenters. The molecule has 1 atom stereocenters. The maximum absolute atomic E-state index is 11.2. The van der Waals surface area contributed by atoms with E-state index in [-0.39, 0.29) is 30.4 Å². The van der Waals surface area contributed by atoms with E-state index in [4.69, 9.17) is 0 Å². The van der Waals surface area contributed by atoms with Crippen LogP contribution in [0.3, 0.4) is 0 Å². The molecule has 0 heterocycles. The Bertz CT molecular complexity index is 238. The molecular formula is C9H16N2O3. The molecule has 2 N–H and O–H groups in total. The topological polar surface area (TPSA) is 75.3 Å². The molecule has 0 rings (SSSR count). The molecule has 0 aromatic heterocycles. The van der Waals surface area contributed by atoms with Crippen molar-refractivity contribution in [2.45, 2.75) is 26.3 Å². The van der Waals surface area contributed by atoms with Gasteiger partial charge in [0.05, 0.1) is 12.6 Å². The molecule has 0 spiro atoms. The van der Waals surface area contributed by atoms with Gasteiger partial charge >= 0.3 is 0 Å². The maximum atomic E-state index is 11.2. The quantitative estimate of drug-likeness (QED) is 0.592. The zero-order valence-electron chi connectivity index (χ0n) is 8.72. The van der Waals surface area contributed by atoms with E-state index in [1.165, 1.54) is 13.8 Å². The van der Waals surface area contributed by atoms with Crippen molar-refractivity contribution in [1.82, 2.24) is 10.6 Å². The monoisotopic (exact) mass is 200 g/mol. The van der Waals surface area contributed by atoms with Crippen LogP contribution in [-0.4, -0.2) is 37.1 Å². The summed E-state index contributed by atoms with van der Waals surface area (Å²) in [6.07, 6.45) is 0.0686. The second-order valence-electron chi connectivity index (χ2n) is 3.13. The summed E-state index contributed by atoms with van der Waals surface area (Å²) in [5.41, 5.74) is 0. The van der Waals surface area contributed by atoms with E-state index in [9.17, 15) is 14.4 Å². The number of carbonyl (C=O) groups excluding carboxylic acids is 3. The summed E-state index contributed by atoms with van der Waals surface area (Å²) in [6.45, 7) is 2.83. The van der Waals surface area contributed by atoms with Crippen LogP contribution in [0.5, 0.6) is 0 Å². The zero-order chi connectivity index (χ0) is 11.1. The fraction of sp³-hybridized carbons (Fsp3) is 0.667. The van der Waals surface area contributed by atoms with Crippen LogP contribution >= 0.6 is 0 Å². The maximum Gasteiger partial charge on any atom is 0.222 e. The van der Waals surface area contributed by atoms with Gasteiger partial charge in [-0.25, -0.2) is 0 Å². The fourth-order valence-electron chi connectivity index (χ4n) is 0.930. The van der Waals surface area contributed by atoms with Crippen LogP contribution in [0.2, 0.25) is 0 Å². The molecule has 0 saturated heterocycles. The first-order chi connectivity index (χ1) is 6.47. The third-order valence-corrected chi connectivity index (χ3v) is 1.76. The number of hydrogen-bond donors (Lipinski definition) is 2. The molecule has 5 nitrogen and oxygen atoms in total. The van der Waals surface area contributed by atoms with Crippen molar-refractivity contribution in [3.8, 4) is 0 Å². The molecular weight excluding hydrogens is 184 g/mol. The molecule has 0 fully saturated rings. The Hall–Kier alpha value is -1.23. The molecule has 5 heteroatoms. The second-order valence-corrected chi connectivity index (χ2v) is 3.13. The highest BCUT2D eigenvalue weighted by Gasteiger charge is 2.15. The number of amides is 1. The lowest BCUT2D eigenvalue weighted by Crippen LogP contribution is -2.39. The van der Waals surface area contributed by atoms with E-state index in [0.29, 0.717) is 0 Å². The minimum absolute atomic E-state index is 0.0210. The van der Waals surface area contributed by atoms with Gasteiger partial charge in [0, 0.05) is 6.42 Å². The van der Waals surface area contributed by atoms with E-state index in [1.807, 2.05) is 0 Å². The van der Waals surface area contributed by atoms with Crippen molar-refractivity contribution in [2.75, 3.05) is 13.6 Å². The Morgan fingerprint density at radius 3 is 2.14 bits per heavy atom. The summed E-state index contributed by atoms with van der Waals surface area (Å²) in [7, 11) is 1.62. The van der Waals surface area contributed by atoms with Crippen molar-refractivity contribution < 1.29 is 14.4 Å². The van der Waals surface area contributed by atoms with Crippen molar-refractivity contribution in [1.29, 1.82) is 0 Å². The van der Waals surface area contributed by atoms with E-state index in [2.05, 4.69) is 10.6 Å². The molecule has 0 aliphatic heterocycles. The smallest absolute Gasteiger partial charge is 0.222 e. The average Bonchev–Trinajstić information content (AvgIpc) is 2.10. The molecule has 0 bridgehead atoms. The minimum atomic E-state index is -0.470. The van der Waals surface area contributed by atoms with Crippen LogP contribution in [-0.2, 0) is 14.4 Å². The largest absolute Gasteiger partial charge is 0.349 e. The van der Waals surface area contributed by atoms with Crippen molar-refractivity contribution in [3.63, 3.8) is 0 Å². The molecule has 0 aliphatic carbocycles. The Morgan fingerprint density at radius 1 is 1.21 bits per heavy atom. The van der Waals surface area contributed by atoms with Gasteiger partial charge in [-0.1, -0.05) is 0 Å². The molecule has 0 aromatic rings. The van der Waals surface area contributed by atoms with Crippen molar-refractivity contribution in [2.24, 2.45) is 0 Å². The summed E-state index contributed by atoms with van der Waals surface area (Å²) in [5.74, 6) is -0.498. The summed E-state index contributed by atoms with van der Waals surface area (Å²) >= 11 is 0. The molecule has 80 valence electrons. The predicted molar refractivity (Wildman–Crippen MR) is 51.8 cm³/mol. The highest BCUT2D eigenvalue weighted by molar-refractivity contribution is 5.90. The average molecular weight is 200 g/mol. The van der Waals surface area contributed by atoms with Crippen LogP contribution in [0, 0.1) is 0 Å². The van der Waals surface area contributed by atoms with Gasteiger partial charge in [0.25, 0.3) is 0 Å². The number of likely N-dealkylation sites (N-methyl/N-ethyl adjacent to an activating group) is 1. The normalized spacial score (nSPS) is 11.9. The third kappa shape index (κ3) is 5.42. The van der Waals surface area contributed by atoms with Gasteiger partial charge in [-0.3, -0.25) is 14.4 Å². The SMILES string of the molecule is CN[C@@H](CC(=O)NCC(C)=O)C(C)=O.